The van der Waals surface area contributed by atoms with Crippen molar-refractivity contribution in [1.82, 2.24) is 5.32 Å². The first-order chi connectivity index (χ1) is 7.02. The number of hydrogen-bond acceptors (Lipinski definition) is 2. The lowest BCUT2D eigenvalue weighted by Gasteiger charge is -2.39. The molecular weight excluding hydrogens is 186 g/mol. The van der Waals surface area contributed by atoms with Crippen LogP contribution in [0.5, 0.6) is 0 Å². The Bertz CT molecular complexity index is 177. The van der Waals surface area contributed by atoms with E-state index in [1.165, 1.54) is 25.7 Å². The molecule has 90 valence electrons. The molecule has 0 heterocycles. The Morgan fingerprint density at radius 3 is 2.67 bits per heavy atom. The number of nitrogens with one attached hydrogen (secondary N) is 1. The Labute approximate surface area is 94.8 Å². The molecule has 0 saturated heterocycles. The second-order valence-electron chi connectivity index (χ2n) is 5.66. The predicted molar refractivity (Wildman–Crippen MR) is 65.1 cm³/mol. The monoisotopic (exact) mass is 213 g/mol. The summed E-state index contributed by atoms with van der Waals surface area (Å²) in [5, 5.41) is 3.64. The molecule has 1 unspecified atom stereocenters. The van der Waals surface area contributed by atoms with Gasteiger partial charge >= 0.3 is 0 Å². The molecule has 1 N–H and O–H groups in total. The second kappa shape index (κ2) is 5.86. The van der Waals surface area contributed by atoms with Crippen LogP contribution < -0.4 is 5.32 Å². The SMILES string of the molecule is CC(C)OCCNC1CCCCC1(C)C. The molecule has 1 saturated carbocycles. The minimum Gasteiger partial charge on any atom is -0.377 e. The molecule has 0 radical (unpaired) electrons. The predicted octanol–water partition coefficient (Wildman–Crippen LogP) is 2.97. The van der Waals surface area contributed by atoms with E-state index in [1.807, 2.05) is 0 Å². The van der Waals surface area contributed by atoms with Gasteiger partial charge in [-0.1, -0.05) is 26.7 Å². The molecule has 0 aromatic rings. The van der Waals surface area contributed by atoms with Gasteiger partial charge in [-0.25, -0.2) is 0 Å². The van der Waals surface area contributed by atoms with Crippen LogP contribution in [0.4, 0.5) is 0 Å². The van der Waals surface area contributed by atoms with Crippen molar-refractivity contribution >= 4 is 0 Å². The molecule has 1 rings (SSSR count). The number of rotatable bonds is 5. The summed E-state index contributed by atoms with van der Waals surface area (Å²) < 4.78 is 5.54. The van der Waals surface area contributed by atoms with Crippen LogP contribution in [0.1, 0.15) is 53.4 Å². The highest BCUT2D eigenvalue weighted by molar-refractivity contribution is 4.87. The van der Waals surface area contributed by atoms with Crippen LogP contribution in [0.15, 0.2) is 0 Å². The zero-order valence-electron chi connectivity index (χ0n) is 10.8. The van der Waals surface area contributed by atoms with Crippen LogP contribution in [0.2, 0.25) is 0 Å². The lowest BCUT2D eigenvalue weighted by Crippen LogP contribution is -2.45. The van der Waals surface area contributed by atoms with Crippen molar-refractivity contribution in [1.29, 1.82) is 0 Å². The van der Waals surface area contributed by atoms with E-state index in [0.717, 1.165) is 13.2 Å². The van der Waals surface area contributed by atoms with E-state index in [9.17, 15) is 0 Å². The van der Waals surface area contributed by atoms with Gasteiger partial charge in [0.25, 0.3) is 0 Å². The third-order valence-electron chi connectivity index (χ3n) is 3.45. The van der Waals surface area contributed by atoms with Crippen LogP contribution in [0.3, 0.4) is 0 Å². The maximum absolute atomic E-state index is 5.54. The van der Waals surface area contributed by atoms with Crippen LogP contribution >= 0.6 is 0 Å². The maximum Gasteiger partial charge on any atom is 0.0594 e. The average Bonchev–Trinajstić information content (AvgIpc) is 2.13. The standard InChI is InChI=1S/C13H27NO/c1-11(2)15-10-9-14-12-7-5-6-8-13(12,3)4/h11-12,14H,5-10H2,1-4H3. The highest BCUT2D eigenvalue weighted by Crippen LogP contribution is 2.35. The third-order valence-corrected chi connectivity index (χ3v) is 3.45. The lowest BCUT2D eigenvalue weighted by molar-refractivity contribution is 0.0720. The van der Waals surface area contributed by atoms with E-state index in [0.29, 0.717) is 17.6 Å². The van der Waals surface area contributed by atoms with E-state index in [4.69, 9.17) is 4.74 Å². The van der Waals surface area contributed by atoms with Crippen molar-refractivity contribution in [3.05, 3.63) is 0 Å². The van der Waals surface area contributed by atoms with Crippen LogP contribution in [-0.4, -0.2) is 25.3 Å². The smallest absolute Gasteiger partial charge is 0.0594 e. The van der Waals surface area contributed by atoms with Gasteiger partial charge in [-0.3, -0.25) is 0 Å². The van der Waals surface area contributed by atoms with Crippen molar-refractivity contribution in [2.75, 3.05) is 13.2 Å². The molecular formula is C13H27NO. The molecule has 0 aromatic carbocycles. The van der Waals surface area contributed by atoms with Crippen molar-refractivity contribution < 1.29 is 4.74 Å². The fourth-order valence-electron chi connectivity index (χ4n) is 2.40. The van der Waals surface area contributed by atoms with Gasteiger partial charge < -0.3 is 10.1 Å². The Balaban J connectivity index is 2.19. The molecule has 0 aliphatic heterocycles. The zero-order chi connectivity index (χ0) is 11.3. The van der Waals surface area contributed by atoms with E-state index >= 15 is 0 Å². The van der Waals surface area contributed by atoms with E-state index in [2.05, 4.69) is 33.0 Å². The largest absolute Gasteiger partial charge is 0.377 e. The van der Waals surface area contributed by atoms with Gasteiger partial charge in [0, 0.05) is 12.6 Å². The summed E-state index contributed by atoms with van der Waals surface area (Å²) in [6.45, 7) is 10.8. The summed E-state index contributed by atoms with van der Waals surface area (Å²) in [4.78, 5) is 0. The third kappa shape index (κ3) is 4.52. The van der Waals surface area contributed by atoms with E-state index in [-0.39, 0.29) is 0 Å². The second-order valence-corrected chi connectivity index (χ2v) is 5.66. The van der Waals surface area contributed by atoms with Crippen molar-refractivity contribution in [2.45, 2.75) is 65.5 Å². The summed E-state index contributed by atoms with van der Waals surface area (Å²) in [5.74, 6) is 0. The number of hydrogen-bond donors (Lipinski definition) is 1. The van der Waals surface area contributed by atoms with Crippen LogP contribution in [-0.2, 0) is 4.74 Å². The number of ether oxygens (including phenoxy) is 1. The van der Waals surface area contributed by atoms with Crippen molar-refractivity contribution in [3.63, 3.8) is 0 Å². The van der Waals surface area contributed by atoms with Gasteiger partial charge in [0.1, 0.15) is 0 Å². The van der Waals surface area contributed by atoms with Gasteiger partial charge in [0.15, 0.2) is 0 Å². The molecule has 1 aliphatic carbocycles. The molecule has 15 heavy (non-hydrogen) atoms. The molecule has 0 bridgehead atoms. The summed E-state index contributed by atoms with van der Waals surface area (Å²) in [6.07, 6.45) is 5.82. The molecule has 2 nitrogen and oxygen atoms in total. The van der Waals surface area contributed by atoms with Gasteiger partial charge in [-0.2, -0.15) is 0 Å². The van der Waals surface area contributed by atoms with Gasteiger partial charge in [-0.15, -0.1) is 0 Å². The molecule has 0 spiro atoms. The first kappa shape index (κ1) is 13.0. The Hall–Kier alpha value is -0.0800. The van der Waals surface area contributed by atoms with Crippen molar-refractivity contribution in [3.8, 4) is 0 Å². The highest BCUT2D eigenvalue weighted by Gasteiger charge is 2.31. The van der Waals surface area contributed by atoms with Crippen molar-refractivity contribution in [2.24, 2.45) is 5.41 Å². The van der Waals surface area contributed by atoms with Crippen LogP contribution in [0, 0.1) is 5.41 Å². The topological polar surface area (TPSA) is 21.3 Å². The van der Waals surface area contributed by atoms with E-state index < -0.39 is 0 Å². The minimum atomic E-state index is 0.353. The fourth-order valence-corrected chi connectivity index (χ4v) is 2.40. The highest BCUT2D eigenvalue weighted by atomic mass is 16.5. The van der Waals surface area contributed by atoms with Gasteiger partial charge in [0.05, 0.1) is 12.7 Å². The van der Waals surface area contributed by atoms with Gasteiger partial charge in [-0.05, 0) is 32.1 Å². The average molecular weight is 213 g/mol. The lowest BCUT2D eigenvalue weighted by atomic mass is 9.73. The summed E-state index contributed by atoms with van der Waals surface area (Å²) in [7, 11) is 0. The Morgan fingerprint density at radius 1 is 1.33 bits per heavy atom. The molecule has 0 aromatic heterocycles. The Kier molecular flexibility index (Phi) is 5.07. The summed E-state index contributed by atoms with van der Waals surface area (Å²) in [5.41, 5.74) is 0.468. The fraction of sp³-hybridized carbons (Fsp3) is 1.00. The summed E-state index contributed by atoms with van der Waals surface area (Å²) in [6, 6.07) is 0.682. The van der Waals surface area contributed by atoms with Crippen LogP contribution in [0.25, 0.3) is 0 Å². The molecule has 0 amide bonds. The minimum absolute atomic E-state index is 0.353. The zero-order valence-corrected chi connectivity index (χ0v) is 10.8. The molecule has 2 heteroatoms. The molecule has 1 aliphatic rings. The summed E-state index contributed by atoms with van der Waals surface area (Å²) >= 11 is 0. The van der Waals surface area contributed by atoms with E-state index in [1.54, 1.807) is 0 Å². The first-order valence-electron chi connectivity index (χ1n) is 6.37. The Morgan fingerprint density at radius 2 is 2.07 bits per heavy atom. The quantitative estimate of drug-likeness (QED) is 0.709. The molecule has 1 fully saturated rings. The molecule has 1 atom stereocenters. The normalized spacial score (nSPS) is 25.8. The first-order valence-corrected chi connectivity index (χ1v) is 6.37. The maximum atomic E-state index is 5.54. The van der Waals surface area contributed by atoms with Gasteiger partial charge in [0.2, 0.25) is 0 Å².